The second kappa shape index (κ2) is 11.1. The highest BCUT2D eigenvalue weighted by Crippen LogP contribution is 2.42. The number of rotatable bonds is 8. The van der Waals surface area contributed by atoms with Crippen molar-refractivity contribution in [1.82, 2.24) is 9.89 Å². The number of benzene rings is 3. The lowest BCUT2D eigenvalue weighted by atomic mass is 9.89. The molecule has 1 N–H and O–H groups in total. The van der Waals surface area contributed by atoms with Crippen LogP contribution < -0.4 is 25.3 Å². The van der Waals surface area contributed by atoms with Crippen molar-refractivity contribution in [2.24, 2.45) is 5.11 Å². The maximum Gasteiger partial charge on any atom is 0.251 e. The molecule has 1 aliphatic carbocycles. The Morgan fingerprint density at radius 1 is 1.08 bits per heavy atom. The van der Waals surface area contributed by atoms with Crippen LogP contribution in [-0.2, 0) is 0 Å². The summed E-state index contributed by atoms with van der Waals surface area (Å²) in [5.74, 6) is -1.14. The minimum absolute atomic E-state index is 0.0351. The van der Waals surface area contributed by atoms with Crippen LogP contribution in [0.2, 0.25) is 0 Å². The summed E-state index contributed by atoms with van der Waals surface area (Å²) in [7, 11) is 7.71. The first-order chi connectivity index (χ1) is 18.2. The SMILES string of the molecule is CN(C)c1ccc2c(-c3cc(C(=O)NCCCN=[N+]=[N-])ccc3C(=O)[O-])c3ccc(=[N+](C)C)cc-3oc2c1. The first-order valence-electron chi connectivity index (χ1n) is 12.0. The second-order valence-corrected chi connectivity index (χ2v) is 9.24. The minimum Gasteiger partial charge on any atom is -0.545 e. The first-order valence-corrected chi connectivity index (χ1v) is 12.0. The molecule has 10 heteroatoms. The number of fused-ring (bicyclic) bond motifs is 2. The number of carbonyl (C=O) groups excluding carboxylic acids is 2. The Morgan fingerprint density at radius 3 is 2.55 bits per heavy atom. The summed E-state index contributed by atoms with van der Waals surface area (Å²) < 4.78 is 8.28. The molecular formula is C28H28N6O4. The van der Waals surface area contributed by atoms with Gasteiger partial charge in [-0.2, -0.15) is 0 Å². The number of amides is 1. The Balaban J connectivity index is 1.96. The fraction of sp³-hybridized carbons (Fsp3) is 0.250. The molecule has 2 aromatic rings. The summed E-state index contributed by atoms with van der Waals surface area (Å²) in [5, 5.41) is 20.1. The molecule has 10 nitrogen and oxygen atoms in total. The minimum atomic E-state index is -1.35. The third-order valence-corrected chi connectivity index (χ3v) is 6.28. The van der Waals surface area contributed by atoms with Gasteiger partial charge in [0.15, 0.2) is 0 Å². The number of azide groups is 1. The smallest absolute Gasteiger partial charge is 0.251 e. The Labute approximate surface area is 219 Å². The van der Waals surface area contributed by atoms with Crippen molar-refractivity contribution < 1.29 is 19.1 Å². The number of nitrogens with zero attached hydrogens (tertiary/aromatic N) is 5. The van der Waals surface area contributed by atoms with Crippen LogP contribution in [0, 0.1) is 0 Å². The Hall–Kier alpha value is -4.82. The highest BCUT2D eigenvalue weighted by atomic mass is 16.4. The molecular weight excluding hydrogens is 484 g/mol. The molecule has 0 fully saturated rings. The topological polar surface area (TPSA) is 137 Å². The van der Waals surface area contributed by atoms with E-state index in [9.17, 15) is 14.7 Å². The second-order valence-electron chi connectivity index (χ2n) is 9.24. The summed E-state index contributed by atoms with van der Waals surface area (Å²) in [5.41, 5.74) is 11.9. The number of nitrogens with one attached hydrogen (secondary N) is 1. The highest BCUT2D eigenvalue weighted by molar-refractivity contribution is 6.09. The lowest BCUT2D eigenvalue weighted by molar-refractivity contribution is -0.254. The van der Waals surface area contributed by atoms with Crippen molar-refractivity contribution >= 4 is 28.5 Å². The molecule has 0 atom stereocenters. The lowest BCUT2D eigenvalue weighted by Gasteiger charge is -2.20. The van der Waals surface area contributed by atoms with Crippen LogP contribution in [0.25, 0.3) is 43.9 Å². The van der Waals surface area contributed by atoms with Gasteiger partial charge in [-0.25, -0.2) is 4.58 Å². The van der Waals surface area contributed by atoms with Gasteiger partial charge < -0.3 is 24.5 Å². The summed E-state index contributed by atoms with van der Waals surface area (Å²) in [4.78, 5) is 29.8. The van der Waals surface area contributed by atoms with E-state index in [-0.39, 0.29) is 18.0 Å². The molecule has 1 amide bonds. The average Bonchev–Trinajstić information content (AvgIpc) is 2.90. The summed E-state index contributed by atoms with van der Waals surface area (Å²) in [6.07, 6.45) is 0.484. The van der Waals surface area contributed by atoms with Crippen LogP contribution in [0.5, 0.6) is 0 Å². The summed E-state index contributed by atoms with van der Waals surface area (Å²) in [6.45, 7) is 0.577. The van der Waals surface area contributed by atoms with Gasteiger partial charge in [0.1, 0.15) is 25.4 Å². The van der Waals surface area contributed by atoms with Gasteiger partial charge >= 0.3 is 0 Å². The maximum atomic E-state index is 12.9. The van der Waals surface area contributed by atoms with Gasteiger partial charge in [0.05, 0.1) is 12.0 Å². The number of aromatic carboxylic acids is 1. The molecule has 2 aromatic carbocycles. The Kier molecular flexibility index (Phi) is 7.64. The molecule has 194 valence electrons. The van der Waals surface area contributed by atoms with E-state index in [0.717, 1.165) is 11.0 Å². The van der Waals surface area contributed by atoms with E-state index >= 15 is 0 Å². The molecule has 0 bridgehead atoms. The number of anilines is 1. The molecule has 38 heavy (non-hydrogen) atoms. The number of carboxylic acid groups (broad SMARTS) is 1. The highest BCUT2D eigenvalue weighted by Gasteiger charge is 2.22. The fourth-order valence-electron chi connectivity index (χ4n) is 4.28. The first kappa shape index (κ1) is 26.2. The van der Waals surface area contributed by atoms with Crippen LogP contribution in [0.3, 0.4) is 0 Å². The van der Waals surface area contributed by atoms with Crippen molar-refractivity contribution in [1.29, 1.82) is 0 Å². The van der Waals surface area contributed by atoms with Crippen molar-refractivity contribution in [2.75, 3.05) is 46.2 Å². The van der Waals surface area contributed by atoms with E-state index in [1.165, 1.54) is 12.1 Å². The van der Waals surface area contributed by atoms with Gasteiger partial charge in [-0.1, -0.05) is 11.2 Å². The van der Waals surface area contributed by atoms with Crippen LogP contribution in [0.15, 0.2) is 64.1 Å². The van der Waals surface area contributed by atoms with E-state index in [4.69, 9.17) is 9.95 Å². The molecule has 1 heterocycles. The zero-order chi connectivity index (χ0) is 27.4. The molecule has 0 unspecified atom stereocenters. The Bertz CT molecular complexity index is 1630. The standard InChI is InChI=1S/C28H28N6O4/c1-33(2)18-7-10-21-24(15-18)38-25-16-19(34(3)4)8-11-22(25)26(21)23-14-17(6-9-20(23)28(36)37)27(35)30-12-5-13-31-32-29/h6-11,14-16H,5,12-13H2,1-4H3,(H-,30,35,36,37). The van der Waals surface area contributed by atoms with E-state index in [1.807, 2.05) is 74.1 Å². The lowest BCUT2D eigenvalue weighted by Crippen LogP contribution is -2.26. The van der Waals surface area contributed by atoms with Crippen molar-refractivity contribution in [3.63, 3.8) is 0 Å². The number of hydrogen-bond acceptors (Lipinski definition) is 6. The van der Waals surface area contributed by atoms with Gasteiger partial charge in [0.2, 0.25) is 5.36 Å². The van der Waals surface area contributed by atoms with Crippen LogP contribution in [-0.4, -0.2) is 53.2 Å². The van der Waals surface area contributed by atoms with Crippen molar-refractivity contribution in [2.45, 2.75) is 6.42 Å². The molecule has 0 aromatic heterocycles. The van der Waals surface area contributed by atoms with Crippen molar-refractivity contribution in [3.8, 4) is 22.5 Å². The van der Waals surface area contributed by atoms with Gasteiger partial charge in [-0.15, -0.1) is 0 Å². The fourth-order valence-corrected chi connectivity index (χ4v) is 4.28. The third kappa shape index (κ3) is 5.30. The largest absolute Gasteiger partial charge is 0.545 e. The number of hydrogen-bond donors (Lipinski definition) is 1. The quantitative estimate of drug-likeness (QED) is 0.0966. The average molecular weight is 513 g/mol. The molecule has 0 spiro atoms. The van der Waals surface area contributed by atoms with Gasteiger partial charge in [0.25, 0.3) is 5.91 Å². The van der Waals surface area contributed by atoms with Crippen molar-refractivity contribution in [3.05, 3.63) is 81.5 Å². The predicted molar refractivity (Wildman–Crippen MR) is 145 cm³/mol. The van der Waals surface area contributed by atoms with Crippen LogP contribution in [0.4, 0.5) is 5.69 Å². The number of carboxylic acids is 1. The molecule has 4 rings (SSSR count). The van der Waals surface area contributed by atoms with E-state index in [2.05, 4.69) is 15.3 Å². The molecule has 0 saturated heterocycles. The predicted octanol–water partition coefficient (Wildman–Crippen LogP) is 3.10. The molecule has 1 aliphatic heterocycles. The van der Waals surface area contributed by atoms with E-state index in [0.29, 0.717) is 51.9 Å². The number of carbonyl (C=O) groups is 2. The van der Waals surface area contributed by atoms with Gasteiger partial charge in [-0.05, 0) is 47.8 Å². The Morgan fingerprint density at radius 2 is 1.87 bits per heavy atom. The van der Waals surface area contributed by atoms with E-state index in [1.54, 1.807) is 6.07 Å². The third-order valence-electron chi connectivity index (χ3n) is 6.28. The molecule has 2 aliphatic rings. The maximum absolute atomic E-state index is 12.9. The zero-order valence-electron chi connectivity index (χ0n) is 21.7. The monoisotopic (exact) mass is 512 g/mol. The van der Waals surface area contributed by atoms with Gasteiger partial charge in [-0.3, -0.25) is 4.79 Å². The molecule has 0 saturated carbocycles. The summed E-state index contributed by atoms with van der Waals surface area (Å²) in [6, 6.07) is 15.9. The molecule has 0 radical (unpaired) electrons. The normalized spacial score (nSPS) is 10.7. The van der Waals surface area contributed by atoms with E-state index < -0.39 is 5.97 Å². The van der Waals surface area contributed by atoms with Crippen LogP contribution >= 0.6 is 0 Å². The van der Waals surface area contributed by atoms with Crippen LogP contribution in [0.1, 0.15) is 27.1 Å². The summed E-state index contributed by atoms with van der Waals surface area (Å²) >= 11 is 0. The zero-order valence-corrected chi connectivity index (χ0v) is 21.7. The van der Waals surface area contributed by atoms with Gasteiger partial charge in [0, 0.05) is 77.6 Å².